The molecule has 0 fully saturated rings. The fraction of sp³-hybridized carbons (Fsp3) is 0.400. The average Bonchev–Trinajstić information content (AvgIpc) is 3.51. The van der Waals surface area contributed by atoms with E-state index < -0.39 is 0 Å². The minimum absolute atomic E-state index is 0.0530. The highest BCUT2D eigenvalue weighted by Gasteiger charge is 2.10. The molecule has 2 aromatic carbocycles. The van der Waals surface area contributed by atoms with Gasteiger partial charge in [-0.25, -0.2) is 0 Å². The van der Waals surface area contributed by atoms with Crippen molar-refractivity contribution in [1.29, 1.82) is 0 Å². The second-order valence-electron chi connectivity index (χ2n) is 9.98. The van der Waals surface area contributed by atoms with Crippen LogP contribution in [0.15, 0.2) is 57.7 Å². The van der Waals surface area contributed by atoms with Crippen LogP contribution in [0.1, 0.15) is 36.8 Å². The molecule has 2 aromatic heterocycles. The zero-order valence-corrected chi connectivity index (χ0v) is 25.8. The first-order chi connectivity index (χ1) is 19.5. The van der Waals surface area contributed by atoms with Crippen LogP contribution in [0.5, 0.6) is 0 Å². The van der Waals surface area contributed by atoms with Crippen LogP contribution in [0.2, 0.25) is 0 Å². The van der Waals surface area contributed by atoms with E-state index in [1.54, 1.807) is 0 Å². The number of halogens is 2. The van der Waals surface area contributed by atoms with Crippen molar-refractivity contribution in [2.45, 2.75) is 38.5 Å². The third-order valence-electron chi connectivity index (χ3n) is 6.82. The Morgan fingerprint density at radius 2 is 1.02 bits per heavy atom. The Hall–Kier alpha value is -2.66. The average molecular weight is 674 g/mol. The Morgan fingerprint density at radius 3 is 1.48 bits per heavy atom. The standard InChI is InChI=1S/C30H38Br2N6O2/c31-23-5-7-25-21(19-37-27(25)17-23)15-29(39)35-13-3-11-33-9-1-2-10-34-12-4-14-36-30(40)16-22-20-38-28-18-24(32)6-8-26(22)28/h5-8,17-20,33-34,37-38H,1-4,9-16H2,(H,35,39)(H,36,40). The quantitative estimate of drug-likeness (QED) is 0.0893. The number of carbonyl (C=O) groups excluding carboxylic acids is 2. The summed E-state index contributed by atoms with van der Waals surface area (Å²) >= 11 is 6.94. The first-order valence-electron chi connectivity index (χ1n) is 14.0. The van der Waals surface area contributed by atoms with Crippen molar-refractivity contribution in [3.05, 3.63) is 68.9 Å². The number of aromatic nitrogens is 2. The Kier molecular flexibility index (Phi) is 12.1. The van der Waals surface area contributed by atoms with Gasteiger partial charge in [-0.3, -0.25) is 9.59 Å². The van der Waals surface area contributed by atoms with Crippen LogP contribution in [0.25, 0.3) is 21.8 Å². The van der Waals surface area contributed by atoms with E-state index in [0.717, 1.165) is 93.7 Å². The second-order valence-corrected chi connectivity index (χ2v) is 11.8. The fourth-order valence-corrected chi connectivity index (χ4v) is 5.44. The lowest BCUT2D eigenvalue weighted by molar-refractivity contribution is -0.121. The lowest BCUT2D eigenvalue weighted by Crippen LogP contribution is -2.29. The number of aromatic amines is 2. The summed E-state index contributed by atoms with van der Waals surface area (Å²) in [6.45, 7) is 5.09. The number of rotatable bonds is 17. The van der Waals surface area contributed by atoms with Crippen LogP contribution in [-0.2, 0) is 22.4 Å². The number of fused-ring (bicyclic) bond motifs is 2. The van der Waals surface area contributed by atoms with Crippen molar-refractivity contribution in [2.24, 2.45) is 0 Å². The predicted octanol–water partition coefficient (Wildman–Crippen LogP) is 4.93. The van der Waals surface area contributed by atoms with Gasteiger partial charge in [-0.2, -0.15) is 0 Å². The number of unbranched alkanes of at least 4 members (excludes halogenated alkanes) is 1. The van der Waals surface area contributed by atoms with Gasteiger partial charge in [-0.05, 0) is 87.3 Å². The Morgan fingerprint density at radius 1 is 0.600 bits per heavy atom. The van der Waals surface area contributed by atoms with Crippen LogP contribution >= 0.6 is 31.9 Å². The summed E-state index contributed by atoms with van der Waals surface area (Å²) in [5, 5.41) is 15.1. The van der Waals surface area contributed by atoms with Gasteiger partial charge in [0.1, 0.15) is 0 Å². The molecule has 214 valence electrons. The molecular weight excluding hydrogens is 636 g/mol. The smallest absolute Gasteiger partial charge is 0.224 e. The largest absolute Gasteiger partial charge is 0.361 e. The minimum Gasteiger partial charge on any atom is -0.361 e. The molecule has 4 rings (SSSR count). The van der Waals surface area contributed by atoms with Crippen LogP contribution < -0.4 is 21.3 Å². The Bertz CT molecular complexity index is 1290. The molecule has 10 heteroatoms. The maximum atomic E-state index is 12.3. The van der Waals surface area contributed by atoms with Crippen LogP contribution in [0, 0.1) is 0 Å². The van der Waals surface area contributed by atoms with Gasteiger partial charge >= 0.3 is 0 Å². The maximum absolute atomic E-state index is 12.3. The van der Waals surface area contributed by atoms with Gasteiger partial charge < -0.3 is 31.2 Å². The van der Waals surface area contributed by atoms with Gasteiger partial charge in [0.15, 0.2) is 0 Å². The normalized spacial score (nSPS) is 11.3. The van der Waals surface area contributed by atoms with Crippen molar-refractivity contribution >= 4 is 65.5 Å². The lowest BCUT2D eigenvalue weighted by Gasteiger charge is -2.08. The monoisotopic (exact) mass is 672 g/mol. The Labute approximate surface area is 252 Å². The van der Waals surface area contributed by atoms with Crippen LogP contribution in [0.3, 0.4) is 0 Å². The van der Waals surface area contributed by atoms with E-state index in [-0.39, 0.29) is 11.8 Å². The molecule has 6 N–H and O–H groups in total. The van der Waals surface area contributed by atoms with Gasteiger partial charge in [-0.1, -0.05) is 44.0 Å². The number of nitrogens with one attached hydrogen (secondary N) is 6. The summed E-state index contributed by atoms with van der Waals surface area (Å²) in [5.41, 5.74) is 4.11. The predicted molar refractivity (Wildman–Crippen MR) is 170 cm³/mol. The minimum atomic E-state index is 0.0530. The third kappa shape index (κ3) is 9.47. The molecule has 0 atom stereocenters. The topological polar surface area (TPSA) is 114 Å². The maximum Gasteiger partial charge on any atom is 0.224 e. The first kappa shape index (κ1) is 30.3. The van der Waals surface area contributed by atoms with Gasteiger partial charge in [0, 0.05) is 56.2 Å². The molecule has 40 heavy (non-hydrogen) atoms. The molecule has 0 aliphatic carbocycles. The van der Waals surface area contributed by atoms with E-state index >= 15 is 0 Å². The highest BCUT2D eigenvalue weighted by atomic mass is 79.9. The molecule has 0 saturated heterocycles. The summed E-state index contributed by atoms with van der Waals surface area (Å²) in [4.78, 5) is 31.0. The van der Waals surface area contributed by atoms with Crippen LogP contribution in [0.4, 0.5) is 0 Å². The molecule has 8 nitrogen and oxygen atoms in total. The molecule has 0 aliphatic rings. The molecule has 2 heterocycles. The molecule has 0 unspecified atom stereocenters. The molecule has 2 amide bonds. The zero-order valence-electron chi connectivity index (χ0n) is 22.7. The highest BCUT2D eigenvalue weighted by molar-refractivity contribution is 9.10. The van der Waals surface area contributed by atoms with Crippen molar-refractivity contribution in [2.75, 3.05) is 39.3 Å². The molecule has 0 saturated carbocycles. The van der Waals surface area contributed by atoms with E-state index in [0.29, 0.717) is 25.9 Å². The molecule has 4 aromatic rings. The molecule has 0 spiro atoms. The highest BCUT2D eigenvalue weighted by Crippen LogP contribution is 2.23. The van der Waals surface area contributed by atoms with Gasteiger partial charge in [-0.15, -0.1) is 0 Å². The van der Waals surface area contributed by atoms with Crippen molar-refractivity contribution < 1.29 is 9.59 Å². The van der Waals surface area contributed by atoms with E-state index in [4.69, 9.17) is 0 Å². The van der Waals surface area contributed by atoms with Gasteiger partial charge in [0.2, 0.25) is 11.8 Å². The third-order valence-corrected chi connectivity index (χ3v) is 7.81. The van der Waals surface area contributed by atoms with E-state index in [9.17, 15) is 9.59 Å². The number of hydrogen-bond donors (Lipinski definition) is 6. The molecule has 0 radical (unpaired) electrons. The number of amides is 2. The summed E-state index contributed by atoms with van der Waals surface area (Å²) in [7, 11) is 0. The van der Waals surface area contributed by atoms with E-state index in [2.05, 4.69) is 63.1 Å². The van der Waals surface area contributed by atoms with Crippen LogP contribution in [-0.4, -0.2) is 61.1 Å². The molecule has 0 bridgehead atoms. The summed E-state index contributed by atoms with van der Waals surface area (Å²) in [6.07, 6.45) is 8.64. The van der Waals surface area contributed by atoms with Crippen molar-refractivity contribution in [3.63, 3.8) is 0 Å². The number of H-pyrrole nitrogens is 2. The summed E-state index contributed by atoms with van der Waals surface area (Å²) in [5.74, 6) is 0.106. The first-order valence-corrected chi connectivity index (χ1v) is 15.5. The Balaban J connectivity index is 0.933. The number of benzene rings is 2. The van der Waals surface area contributed by atoms with Gasteiger partial charge in [0.05, 0.1) is 12.8 Å². The summed E-state index contributed by atoms with van der Waals surface area (Å²) < 4.78 is 2.04. The fourth-order valence-electron chi connectivity index (χ4n) is 4.71. The second kappa shape index (κ2) is 16.0. The SMILES string of the molecule is O=C(Cc1c[nH]c2cc(Br)ccc12)NCCCNCCCCNCCCNC(=O)Cc1c[nH]c2cc(Br)ccc12. The molecule has 0 aliphatic heterocycles. The number of carbonyl (C=O) groups is 2. The van der Waals surface area contributed by atoms with Gasteiger partial charge in [0.25, 0.3) is 0 Å². The van der Waals surface area contributed by atoms with E-state index in [1.807, 2.05) is 48.8 Å². The van der Waals surface area contributed by atoms with Crippen molar-refractivity contribution in [3.8, 4) is 0 Å². The number of hydrogen-bond acceptors (Lipinski definition) is 4. The lowest BCUT2D eigenvalue weighted by atomic mass is 10.1. The molecular formula is C30H38Br2N6O2. The van der Waals surface area contributed by atoms with E-state index in [1.165, 1.54) is 0 Å². The zero-order chi connectivity index (χ0) is 28.2. The van der Waals surface area contributed by atoms with Crippen molar-refractivity contribution in [1.82, 2.24) is 31.2 Å². The summed E-state index contributed by atoms with van der Waals surface area (Å²) in [6, 6.07) is 12.1.